The van der Waals surface area contributed by atoms with Gasteiger partial charge in [-0.1, -0.05) is 26.0 Å². The van der Waals surface area contributed by atoms with Crippen LogP contribution in [0.15, 0.2) is 36.4 Å². The third kappa shape index (κ3) is 7.25. The van der Waals surface area contributed by atoms with Crippen molar-refractivity contribution in [2.75, 3.05) is 6.61 Å². The van der Waals surface area contributed by atoms with E-state index in [0.29, 0.717) is 25.9 Å². The average Bonchev–Trinajstić information content (AvgIpc) is 3.08. The van der Waals surface area contributed by atoms with E-state index in [1.165, 1.54) is 23.5 Å². The first kappa shape index (κ1) is 21.3. The van der Waals surface area contributed by atoms with E-state index >= 15 is 0 Å². The van der Waals surface area contributed by atoms with Gasteiger partial charge in [0.25, 0.3) is 0 Å². The molecular weight excluding hydrogens is 363 g/mol. The van der Waals surface area contributed by atoms with Gasteiger partial charge in [-0.3, -0.25) is 9.59 Å². The van der Waals surface area contributed by atoms with Crippen molar-refractivity contribution in [2.45, 2.75) is 52.9 Å². The van der Waals surface area contributed by atoms with Gasteiger partial charge in [0, 0.05) is 11.3 Å². The number of carbonyl (C=O) groups excluding carboxylic acids is 2. The fraction of sp³-hybridized carbons (Fsp3) is 0.455. The van der Waals surface area contributed by atoms with E-state index in [9.17, 15) is 14.0 Å². The largest absolute Gasteiger partial charge is 0.466 e. The standard InChI is InChI=1S/C22H27FO3S/c1-4-26-21(25)15-22(2,3)14-13-18-10-12-20(27-18)19(24)11-7-16-5-8-17(23)9-6-16/h5-6,8-10,12H,4,7,11,13-15H2,1-3H3. The van der Waals surface area contributed by atoms with Gasteiger partial charge >= 0.3 is 5.97 Å². The minimum Gasteiger partial charge on any atom is -0.466 e. The van der Waals surface area contributed by atoms with Crippen molar-refractivity contribution in [1.82, 2.24) is 0 Å². The highest BCUT2D eigenvalue weighted by Gasteiger charge is 2.23. The molecule has 27 heavy (non-hydrogen) atoms. The maximum Gasteiger partial charge on any atom is 0.306 e. The van der Waals surface area contributed by atoms with Crippen LogP contribution in [0.5, 0.6) is 0 Å². The Hall–Kier alpha value is -2.01. The molecule has 0 fully saturated rings. The quantitative estimate of drug-likeness (QED) is 0.391. The molecule has 0 bridgehead atoms. The summed E-state index contributed by atoms with van der Waals surface area (Å²) in [5.41, 5.74) is 0.824. The maximum absolute atomic E-state index is 12.9. The Bertz CT molecular complexity index is 762. The van der Waals surface area contributed by atoms with Crippen LogP contribution >= 0.6 is 11.3 Å². The Morgan fingerprint density at radius 1 is 1.07 bits per heavy atom. The van der Waals surface area contributed by atoms with Crippen LogP contribution in [-0.4, -0.2) is 18.4 Å². The number of aryl methyl sites for hydroxylation is 2. The van der Waals surface area contributed by atoms with Crippen molar-refractivity contribution < 1.29 is 18.7 Å². The van der Waals surface area contributed by atoms with Crippen molar-refractivity contribution in [3.8, 4) is 0 Å². The zero-order chi connectivity index (χ0) is 19.9. The number of hydrogen-bond acceptors (Lipinski definition) is 4. The number of esters is 1. The Labute approximate surface area is 164 Å². The molecule has 0 amide bonds. The number of thiophene rings is 1. The van der Waals surface area contributed by atoms with Gasteiger partial charge in [-0.15, -0.1) is 11.3 Å². The molecule has 0 radical (unpaired) electrons. The van der Waals surface area contributed by atoms with E-state index in [1.807, 2.05) is 19.1 Å². The highest BCUT2D eigenvalue weighted by atomic mass is 32.1. The molecule has 0 aliphatic heterocycles. The van der Waals surface area contributed by atoms with Gasteiger partial charge in [-0.25, -0.2) is 4.39 Å². The summed E-state index contributed by atoms with van der Waals surface area (Å²) in [6.45, 7) is 6.34. The summed E-state index contributed by atoms with van der Waals surface area (Å²) in [7, 11) is 0. The van der Waals surface area contributed by atoms with E-state index in [2.05, 4.69) is 13.8 Å². The van der Waals surface area contributed by atoms with E-state index < -0.39 is 0 Å². The molecule has 1 aromatic heterocycles. The fourth-order valence-electron chi connectivity index (χ4n) is 2.85. The lowest BCUT2D eigenvalue weighted by molar-refractivity contribution is -0.145. The van der Waals surface area contributed by atoms with Crippen molar-refractivity contribution in [3.63, 3.8) is 0 Å². The second-order valence-electron chi connectivity index (χ2n) is 7.46. The fourth-order valence-corrected chi connectivity index (χ4v) is 3.82. The molecule has 1 heterocycles. The molecule has 0 atom stereocenters. The summed E-state index contributed by atoms with van der Waals surface area (Å²) in [4.78, 5) is 26.0. The monoisotopic (exact) mass is 390 g/mol. The molecule has 0 saturated carbocycles. The number of ether oxygens (including phenoxy) is 1. The Kier molecular flexibility index (Phi) is 7.72. The van der Waals surface area contributed by atoms with Gasteiger partial charge < -0.3 is 4.74 Å². The van der Waals surface area contributed by atoms with Gasteiger partial charge in [0.1, 0.15) is 5.82 Å². The molecule has 5 heteroatoms. The van der Waals surface area contributed by atoms with Crippen LogP contribution in [0, 0.1) is 11.2 Å². The molecule has 0 unspecified atom stereocenters. The molecule has 0 aliphatic carbocycles. The first-order valence-corrected chi connectivity index (χ1v) is 10.1. The molecule has 0 aliphatic rings. The number of halogens is 1. The van der Waals surface area contributed by atoms with Crippen LogP contribution < -0.4 is 0 Å². The van der Waals surface area contributed by atoms with Crippen molar-refractivity contribution in [2.24, 2.45) is 5.41 Å². The number of hydrogen-bond donors (Lipinski definition) is 0. The second-order valence-corrected chi connectivity index (χ2v) is 8.63. The number of rotatable bonds is 10. The minimum absolute atomic E-state index is 0.112. The summed E-state index contributed by atoms with van der Waals surface area (Å²) < 4.78 is 18.0. The molecule has 2 rings (SSSR count). The first-order valence-electron chi connectivity index (χ1n) is 9.31. The van der Waals surface area contributed by atoms with Gasteiger partial charge in [0.15, 0.2) is 5.78 Å². The molecule has 1 aromatic carbocycles. The highest BCUT2D eigenvalue weighted by molar-refractivity contribution is 7.14. The summed E-state index contributed by atoms with van der Waals surface area (Å²) >= 11 is 1.52. The molecule has 0 saturated heterocycles. The first-order chi connectivity index (χ1) is 12.8. The molecule has 3 nitrogen and oxygen atoms in total. The zero-order valence-corrected chi connectivity index (χ0v) is 17.0. The van der Waals surface area contributed by atoms with E-state index in [1.54, 1.807) is 12.1 Å². The van der Waals surface area contributed by atoms with Crippen LogP contribution in [0.25, 0.3) is 0 Å². The maximum atomic E-state index is 12.9. The molecule has 146 valence electrons. The Morgan fingerprint density at radius 2 is 1.78 bits per heavy atom. The highest BCUT2D eigenvalue weighted by Crippen LogP contribution is 2.30. The predicted octanol–water partition coefficient (Wildman–Crippen LogP) is 5.61. The van der Waals surface area contributed by atoms with Crippen LogP contribution in [0.2, 0.25) is 0 Å². The summed E-state index contributed by atoms with van der Waals surface area (Å²) in [5, 5.41) is 0. The van der Waals surface area contributed by atoms with Crippen molar-refractivity contribution in [3.05, 3.63) is 57.5 Å². The summed E-state index contributed by atoms with van der Waals surface area (Å²) in [6, 6.07) is 10.1. The van der Waals surface area contributed by atoms with Gasteiger partial charge in [-0.2, -0.15) is 0 Å². The minimum atomic E-state index is -0.265. The number of benzene rings is 1. The SMILES string of the molecule is CCOC(=O)CC(C)(C)CCc1ccc(C(=O)CCc2ccc(F)cc2)s1. The number of Topliss-reactive ketones (excluding diaryl/α,β-unsaturated/α-hetero) is 1. The molecule has 2 aromatic rings. The van der Waals surface area contributed by atoms with E-state index in [0.717, 1.165) is 28.2 Å². The molecular formula is C22H27FO3S. The van der Waals surface area contributed by atoms with E-state index in [-0.39, 0.29) is 23.0 Å². The third-order valence-corrected chi connectivity index (χ3v) is 5.65. The lowest BCUT2D eigenvalue weighted by atomic mass is 9.84. The average molecular weight is 391 g/mol. The Balaban J connectivity index is 1.83. The van der Waals surface area contributed by atoms with Crippen LogP contribution in [-0.2, 0) is 22.4 Å². The van der Waals surface area contributed by atoms with Crippen molar-refractivity contribution in [1.29, 1.82) is 0 Å². The summed E-state index contributed by atoms with van der Waals surface area (Å²) in [5.74, 6) is -0.314. The van der Waals surface area contributed by atoms with Gasteiger partial charge in [0.2, 0.25) is 0 Å². The smallest absolute Gasteiger partial charge is 0.306 e. The zero-order valence-electron chi connectivity index (χ0n) is 16.2. The van der Waals surface area contributed by atoms with Crippen LogP contribution in [0.4, 0.5) is 4.39 Å². The normalized spacial score (nSPS) is 11.4. The van der Waals surface area contributed by atoms with Gasteiger partial charge in [-0.05, 0) is 61.4 Å². The topological polar surface area (TPSA) is 43.4 Å². The van der Waals surface area contributed by atoms with Crippen LogP contribution in [0.3, 0.4) is 0 Å². The summed E-state index contributed by atoms with van der Waals surface area (Å²) in [6.07, 6.45) is 3.12. The van der Waals surface area contributed by atoms with E-state index in [4.69, 9.17) is 4.74 Å². The lowest BCUT2D eigenvalue weighted by Crippen LogP contribution is -2.19. The number of ketones is 1. The molecule has 0 spiro atoms. The predicted molar refractivity (Wildman–Crippen MR) is 107 cm³/mol. The lowest BCUT2D eigenvalue weighted by Gasteiger charge is -2.22. The van der Waals surface area contributed by atoms with Crippen molar-refractivity contribution >= 4 is 23.1 Å². The molecule has 0 N–H and O–H groups in total. The Morgan fingerprint density at radius 3 is 2.44 bits per heavy atom. The number of carbonyl (C=O) groups is 2. The van der Waals surface area contributed by atoms with Gasteiger partial charge in [0.05, 0.1) is 17.9 Å². The third-order valence-electron chi connectivity index (χ3n) is 4.47. The van der Waals surface area contributed by atoms with Crippen LogP contribution in [0.1, 0.15) is 60.1 Å². The second kappa shape index (κ2) is 9.79.